The highest BCUT2D eigenvalue weighted by Crippen LogP contribution is 2.11. The Hall–Kier alpha value is -1.35. The molecule has 0 fully saturated rings. The van der Waals surface area contributed by atoms with Crippen LogP contribution in [0, 0.1) is 5.92 Å². The maximum atomic E-state index is 11.8. The van der Waals surface area contributed by atoms with Crippen molar-refractivity contribution < 1.29 is 9.59 Å². The number of hydrogen-bond acceptors (Lipinski definition) is 2. The van der Waals surface area contributed by atoms with Gasteiger partial charge in [0.2, 0.25) is 5.91 Å². The second-order valence-electron chi connectivity index (χ2n) is 4.96. The van der Waals surface area contributed by atoms with Gasteiger partial charge in [-0.15, -0.1) is 0 Å². The third-order valence-electron chi connectivity index (χ3n) is 2.79. The van der Waals surface area contributed by atoms with Gasteiger partial charge in [0.1, 0.15) is 0 Å². The summed E-state index contributed by atoms with van der Waals surface area (Å²) in [6, 6.07) is 6.72. The topological polar surface area (TPSA) is 46.2 Å². The van der Waals surface area contributed by atoms with Gasteiger partial charge in [0, 0.05) is 30.0 Å². The second-order valence-corrected chi connectivity index (χ2v) is 5.40. The number of hydrogen-bond donors (Lipinski definition) is 1. The zero-order valence-electron chi connectivity index (χ0n) is 11.4. The van der Waals surface area contributed by atoms with Crippen LogP contribution in [0.2, 0.25) is 5.02 Å². The van der Waals surface area contributed by atoms with Crippen molar-refractivity contribution in [3.8, 4) is 0 Å². The maximum absolute atomic E-state index is 11.8. The first kappa shape index (κ1) is 15.7. The molecular weight excluding hydrogens is 262 g/mol. The van der Waals surface area contributed by atoms with Crippen LogP contribution in [0.1, 0.15) is 43.5 Å². The summed E-state index contributed by atoms with van der Waals surface area (Å²) in [5, 5.41) is 3.42. The van der Waals surface area contributed by atoms with Gasteiger partial charge in [-0.05, 0) is 36.6 Å². The van der Waals surface area contributed by atoms with E-state index in [9.17, 15) is 9.59 Å². The zero-order valence-corrected chi connectivity index (χ0v) is 12.2. The van der Waals surface area contributed by atoms with Crippen LogP contribution in [0.25, 0.3) is 0 Å². The van der Waals surface area contributed by atoms with Gasteiger partial charge in [0.15, 0.2) is 5.78 Å². The molecule has 0 atom stereocenters. The summed E-state index contributed by atoms with van der Waals surface area (Å²) in [5.41, 5.74) is 0.597. The van der Waals surface area contributed by atoms with Crippen molar-refractivity contribution in [1.29, 1.82) is 0 Å². The molecule has 1 aromatic rings. The van der Waals surface area contributed by atoms with Crippen LogP contribution >= 0.6 is 11.6 Å². The third kappa shape index (κ3) is 6.39. The Morgan fingerprint density at radius 2 is 1.79 bits per heavy atom. The summed E-state index contributed by atoms with van der Waals surface area (Å²) in [6.07, 6.45) is 1.42. The van der Waals surface area contributed by atoms with Gasteiger partial charge < -0.3 is 5.32 Å². The van der Waals surface area contributed by atoms with Gasteiger partial charge in [0.25, 0.3) is 0 Å². The summed E-state index contributed by atoms with van der Waals surface area (Å²) in [4.78, 5) is 23.3. The predicted octanol–water partition coefficient (Wildman–Crippen LogP) is 3.47. The van der Waals surface area contributed by atoms with Gasteiger partial charge in [-0.25, -0.2) is 0 Å². The Morgan fingerprint density at radius 3 is 2.37 bits per heavy atom. The molecule has 4 heteroatoms. The molecule has 0 saturated carbocycles. The van der Waals surface area contributed by atoms with Gasteiger partial charge in [-0.3, -0.25) is 9.59 Å². The number of halogens is 1. The number of nitrogens with one attached hydrogen (secondary N) is 1. The molecule has 3 nitrogen and oxygen atoms in total. The lowest BCUT2D eigenvalue weighted by molar-refractivity contribution is -0.121. The Balaban J connectivity index is 2.30. The molecule has 1 rings (SSSR count). The summed E-state index contributed by atoms with van der Waals surface area (Å²) >= 11 is 5.75. The Kier molecular flexibility index (Phi) is 6.57. The molecule has 0 radical (unpaired) electrons. The average Bonchev–Trinajstić information content (AvgIpc) is 2.36. The summed E-state index contributed by atoms with van der Waals surface area (Å²) < 4.78 is 0. The van der Waals surface area contributed by atoms with E-state index in [1.165, 1.54) is 0 Å². The van der Waals surface area contributed by atoms with Gasteiger partial charge >= 0.3 is 0 Å². The SMILES string of the molecule is CC(C)CCNC(=O)CCC(=O)c1ccc(Cl)cc1. The minimum atomic E-state index is -0.0667. The molecule has 0 bridgehead atoms. The molecule has 1 N–H and O–H groups in total. The highest BCUT2D eigenvalue weighted by atomic mass is 35.5. The number of amides is 1. The molecule has 0 aliphatic heterocycles. The highest BCUT2D eigenvalue weighted by molar-refractivity contribution is 6.30. The number of ketones is 1. The monoisotopic (exact) mass is 281 g/mol. The van der Waals surface area contributed by atoms with Crippen LogP contribution in [-0.2, 0) is 4.79 Å². The molecule has 104 valence electrons. The van der Waals surface area contributed by atoms with E-state index in [0.29, 0.717) is 23.0 Å². The first-order chi connectivity index (χ1) is 8.99. The molecule has 0 saturated heterocycles. The standard InChI is InChI=1S/C15H20ClNO2/c1-11(2)9-10-17-15(19)8-7-14(18)12-3-5-13(16)6-4-12/h3-6,11H,7-10H2,1-2H3,(H,17,19). The molecule has 0 aliphatic carbocycles. The van der Waals surface area contributed by atoms with Crippen LogP contribution < -0.4 is 5.32 Å². The van der Waals surface area contributed by atoms with Gasteiger partial charge in [-0.2, -0.15) is 0 Å². The Labute approximate surface area is 119 Å². The fourth-order valence-electron chi connectivity index (χ4n) is 1.60. The first-order valence-corrected chi connectivity index (χ1v) is 6.92. The molecule has 0 aromatic heterocycles. The van der Waals surface area contributed by atoms with Crippen LogP contribution in [0.5, 0.6) is 0 Å². The van der Waals surface area contributed by atoms with Gasteiger partial charge in [0.05, 0.1) is 0 Å². The Bertz CT molecular complexity index is 426. The molecule has 0 spiro atoms. The van der Waals surface area contributed by atoms with E-state index in [2.05, 4.69) is 19.2 Å². The average molecular weight is 282 g/mol. The lowest BCUT2D eigenvalue weighted by Gasteiger charge is -2.07. The Morgan fingerprint density at radius 1 is 1.16 bits per heavy atom. The highest BCUT2D eigenvalue weighted by Gasteiger charge is 2.09. The number of carbonyl (C=O) groups is 2. The number of carbonyl (C=O) groups excluding carboxylic acids is 2. The van der Waals surface area contributed by atoms with E-state index in [1.807, 2.05) is 0 Å². The predicted molar refractivity (Wildman–Crippen MR) is 77.5 cm³/mol. The molecular formula is C15H20ClNO2. The fraction of sp³-hybridized carbons (Fsp3) is 0.467. The number of Topliss-reactive ketones (excluding diaryl/α,β-unsaturated/α-hetero) is 1. The largest absolute Gasteiger partial charge is 0.356 e. The summed E-state index contributed by atoms with van der Waals surface area (Å²) in [5.74, 6) is 0.467. The first-order valence-electron chi connectivity index (χ1n) is 6.54. The van der Waals surface area contributed by atoms with Crippen molar-refractivity contribution in [2.24, 2.45) is 5.92 Å². The fourth-order valence-corrected chi connectivity index (χ4v) is 1.72. The van der Waals surface area contributed by atoms with E-state index in [4.69, 9.17) is 11.6 Å². The minimum Gasteiger partial charge on any atom is -0.356 e. The van der Waals surface area contributed by atoms with Crippen molar-refractivity contribution in [1.82, 2.24) is 5.32 Å². The lowest BCUT2D eigenvalue weighted by Crippen LogP contribution is -2.25. The van der Waals surface area contributed by atoms with E-state index in [0.717, 1.165) is 6.42 Å². The van der Waals surface area contributed by atoms with E-state index < -0.39 is 0 Å². The molecule has 0 aliphatic rings. The van der Waals surface area contributed by atoms with E-state index >= 15 is 0 Å². The van der Waals surface area contributed by atoms with Crippen molar-refractivity contribution in [2.75, 3.05) is 6.54 Å². The second kappa shape index (κ2) is 7.95. The van der Waals surface area contributed by atoms with Crippen molar-refractivity contribution in [2.45, 2.75) is 33.1 Å². The molecule has 1 aromatic carbocycles. The minimum absolute atomic E-state index is 0.0318. The van der Waals surface area contributed by atoms with Crippen LogP contribution in [0.3, 0.4) is 0 Å². The summed E-state index contributed by atoms with van der Waals surface area (Å²) in [7, 11) is 0. The van der Waals surface area contributed by atoms with E-state index in [-0.39, 0.29) is 24.5 Å². The van der Waals surface area contributed by atoms with E-state index in [1.54, 1.807) is 24.3 Å². The third-order valence-corrected chi connectivity index (χ3v) is 3.04. The van der Waals surface area contributed by atoms with Crippen LogP contribution in [-0.4, -0.2) is 18.2 Å². The van der Waals surface area contributed by atoms with Crippen LogP contribution in [0.15, 0.2) is 24.3 Å². The maximum Gasteiger partial charge on any atom is 0.220 e. The quantitative estimate of drug-likeness (QED) is 0.778. The zero-order chi connectivity index (χ0) is 14.3. The van der Waals surface area contributed by atoms with Crippen molar-refractivity contribution >= 4 is 23.3 Å². The number of benzene rings is 1. The molecule has 19 heavy (non-hydrogen) atoms. The molecule has 1 amide bonds. The lowest BCUT2D eigenvalue weighted by atomic mass is 10.1. The normalized spacial score (nSPS) is 10.5. The van der Waals surface area contributed by atoms with Crippen molar-refractivity contribution in [3.63, 3.8) is 0 Å². The summed E-state index contributed by atoms with van der Waals surface area (Å²) in [6.45, 7) is 4.89. The number of rotatable bonds is 7. The molecule has 0 unspecified atom stereocenters. The van der Waals surface area contributed by atoms with Crippen LogP contribution in [0.4, 0.5) is 0 Å². The van der Waals surface area contributed by atoms with Gasteiger partial charge in [-0.1, -0.05) is 25.4 Å². The molecule has 0 heterocycles. The smallest absolute Gasteiger partial charge is 0.220 e. The van der Waals surface area contributed by atoms with Crippen molar-refractivity contribution in [3.05, 3.63) is 34.9 Å².